The molecule has 0 aliphatic rings. The zero-order valence-electron chi connectivity index (χ0n) is 24.9. The first kappa shape index (κ1) is 31.3. The van der Waals surface area contributed by atoms with Gasteiger partial charge in [0.1, 0.15) is 5.60 Å². The van der Waals surface area contributed by atoms with E-state index in [-0.39, 0.29) is 4.90 Å². The minimum Gasteiger partial charge on any atom is -0.444 e. The van der Waals surface area contributed by atoms with Crippen LogP contribution in [0.3, 0.4) is 0 Å². The van der Waals surface area contributed by atoms with E-state index >= 15 is 0 Å². The molecule has 2 N–H and O–H groups in total. The normalized spacial score (nSPS) is 12.0. The Labute approximate surface area is 252 Å². The number of benzene rings is 3. The maximum absolute atomic E-state index is 13.4. The Morgan fingerprint density at radius 3 is 2.21 bits per heavy atom. The van der Waals surface area contributed by atoms with Gasteiger partial charge in [-0.05, 0) is 93.5 Å². The monoisotopic (exact) mass is 600 g/mol. The maximum Gasteiger partial charge on any atom is 0.412 e. The molecule has 4 aromatic rings. The van der Waals surface area contributed by atoms with Crippen LogP contribution in [-0.2, 0) is 26.1 Å². The van der Waals surface area contributed by atoms with E-state index in [1.54, 1.807) is 69.3 Å². The van der Waals surface area contributed by atoms with Gasteiger partial charge in [-0.3, -0.25) is 10.1 Å². The van der Waals surface area contributed by atoms with Gasteiger partial charge in [-0.1, -0.05) is 48.5 Å². The SMILES string of the molecule is CN(C)Cc1ccc(-c2cccc(S(=O)(=O)n3ccc(/C=C/C(=O)Nc4ccccc4NC(=O)OC(C)(C)C)c3)c2)cc1. The van der Waals surface area contributed by atoms with Crippen LogP contribution in [0.25, 0.3) is 17.2 Å². The molecule has 0 aliphatic carbocycles. The molecule has 0 saturated carbocycles. The third-order valence-electron chi connectivity index (χ3n) is 6.13. The van der Waals surface area contributed by atoms with Crippen LogP contribution in [0.15, 0.2) is 102 Å². The highest BCUT2D eigenvalue weighted by molar-refractivity contribution is 7.90. The molecular formula is C33H36N4O5S. The first-order valence-corrected chi connectivity index (χ1v) is 15.1. The van der Waals surface area contributed by atoms with Crippen LogP contribution >= 0.6 is 0 Å². The number of rotatable bonds is 9. The fourth-order valence-corrected chi connectivity index (χ4v) is 5.48. The Kier molecular flexibility index (Phi) is 9.53. The van der Waals surface area contributed by atoms with Gasteiger partial charge >= 0.3 is 6.09 Å². The molecule has 43 heavy (non-hydrogen) atoms. The predicted octanol–water partition coefficient (Wildman–Crippen LogP) is 6.45. The molecule has 2 amide bonds. The van der Waals surface area contributed by atoms with E-state index in [1.807, 2.05) is 44.4 Å². The van der Waals surface area contributed by atoms with E-state index in [0.717, 1.165) is 21.6 Å². The zero-order chi connectivity index (χ0) is 31.2. The van der Waals surface area contributed by atoms with Gasteiger partial charge < -0.3 is 15.0 Å². The van der Waals surface area contributed by atoms with Gasteiger partial charge in [0, 0.05) is 25.0 Å². The Bertz CT molecular complexity index is 1730. The summed E-state index contributed by atoms with van der Waals surface area (Å²) in [4.78, 5) is 27.1. The molecule has 1 heterocycles. The molecule has 3 aromatic carbocycles. The van der Waals surface area contributed by atoms with Crippen molar-refractivity contribution in [3.05, 3.63) is 108 Å². The smallest absolute Gasteiger partial charge is 0.412 e. The van der Waals surface area contributed by atoms with Gasteiger partial charge in [-0.15, -0.1) is 0 Å². The highest BCUT2D eigenvalue weighted by atomic mass is 32.2. The second-order valence-corrected chi connectivity index (χ2v) is 13.1. The highest BCUT2D eigenvalue weighted by Gasteiger charge is 2.19. The van der Waals surface area contributed by atoms with E-state index in [4.69, 9.17) is 4.74 Å². The van der Waals surface area contributed by atoms with Gasteiger partial charge in [-0.2, -0.15) is 0 Å². The van der Waals surface area contributed by atoms with Crippen LogP contribution < -0.4 is 10.6 Å². The summed E-state index contributed by atoms with van der Waals surface area (Å²) in [7, 11) is 0.148. The van der Waals surface area contributed by atoms with Crippen molar-refractivity contribution in [2.75, 3.05) is 24.7 Å². The van der Waals surface area contributed by atoms with Gasteiger partial charge in [-0.25, -0.2) is 17.2 Å². The molecule has 0 spiro atoms. The summed E-state index contributed by atoms with van der Waals surface area (Å²) in [5.41, 5.74) is 3.49. The molecule has 0 saturated heterocycles. The molecule has 9 nitrogen and oxygen atoms in total. The lowest BCUT2D eigenvalue weighted by Gasteiger charge is -2.20. The van der Waals surface area contributed by atoms with Crippen LogP contribution in [0.5, 0.6) is 0 Å². The molecule has 0 radical (unpaired) electrons. The lowest BCUT2D eigenvalue weighted by atomic mass is 10.0. The van der Waals surface area contributed by atoms with Crippen LogP contribution in [0, 0.1) is 0 Å². The molecule has 0 fully saturated rings. The number of para-hydroxylation sites is 2. The lowest BCUT2D eigenvalue weighted by Crippen LogP contribution is -2.27. The first-order chi connectivity index (χ1) is 20.3. The van der Waals surface area contributed by atoms with Crippen molar-refractivity contribution in [3.8, 4) is 11.1 Å². The number of hydrogen-bond acceptors (Lipinski definition) is 6. The number of hydrogen-bond donors (Lipinski definition) is 2. The third kappa shape index (κ3) is 8.67. The van der Waals surface area contributed by atoms with Crippen LogP contribution in [-0.4, -0.2) is 49.0 Å². The zero-order valence-corrected chi connectivity index (χ0v) is 25.7. The number of anilines is 2. The van der Waals surface area contributed by atoms with Crippen LogP contribution in [0.1, 0.15) is 31.9 Å². The second kappa shape index (κ2) is 13.1. The number of amides is 2. The molecule has 10 heteroatoms. The Morgan fingerprint density at radius 2 is 1.56 bits per heavy atom. The van der Waals surface area contributed by atoms with Gasteiger partial charge in [0.25, 0.3) is 10.0 Å². The third-order valence-corrected chi connectivity index (χ3v) is 7.77. The summed E-state index contributed by atoms with van der Waals surface area (Å²) in [6.45, 7) is 6.09. The first-order valence-electron chi connectivity index (χ1n) is 13.7. The van der Waals surface area contributed by atoms with Gasteiger partial charge in [0.05, 0.1) is 16.3 Å². The molecule has 1 aromatic heterocycles. The van der Waals surface area contributed by atoms with E-state index in [1.165, 1.54) is 30.1 Å². The summed E-state index contributed by atoms with van der Waals surface area (Å²) in [5, 5.41) is 5.36. The van der Waals surface area contributed by atoms with E-state index < -0.39 is 27.6 Å². The molecule has 4 rings (SSSR count). The Morgan fingerprint density at radius 1 is 0.884 bits per heavy atom. The maximum atomic E-state index is 13.4. The largest absolute Gasteiger partial charge is 0.444 e. The number of ether oxygens (including phenoxy) is 1. The average Bonchev–Trinajstić information content (AvgIpc) is 3.42. The lowest BCUT2D eigenvalue weighted by molar-refractivity contribution is -0.111. The molecular weight excluding hydrogens is 564 g/mol. The fraction of sp³-hybridized carbons (Fsp3) is 0.212. The van der Waals surface area contributed by atoms with Crippen molar-refractivity contribution in [1.82, 2.24) is 8.87 Å². The topological polar surface area (TPSA) is 110 Å². The van der Waals surface area contributed by atoms with Crippen LogP contribution in [0.2, 0.25) is 0 Å². The predicted molar refractivity (Wildman–Crippen MR) is 170 cm³/mol. The number of carbonyl (C=O) groups is 2. The standard InChI is InChI=1S/C33H36N4O5S/c1-33(2,3)42-32(39)35-30-12-7-6-11-29(30)34-31(38)18-15-25-19-20-37(23-25)43(40,41)28-10-8-9-27(21-28)26-16-13-24(14-17-26)22-36(4)5/h6-21,23H,22H2,1-5H3,(H,34,38)(H,35,39)/b18-15+. The van der Waals surface area contributed by atoms with E-state index in [9.17, 15) is 18.0 Å². The van der Waals surface area contributed by atoms with Gasteiger partial charge in [0.15, 0.2) is 0 Å². The number of carbonyl (C=O) groups excluding carboxylic acids is 2. The minimum absolute atomic E-state index is 0.153. The molecule has 0 atom stereocenters. The van der Waals surface area contributed by atoms with Crippen molar-refractivity contribution < 1.29 is 22.7 Å². The average molecular weight is 601 g/mol. The van der Waals surface area contributed by atoms with Gasteiger partial charge in [0.2, 0.25) is 5.91 Å². The van der Waals surface area contributed by atoms with Crippen molar-refractivity contribution in [3.63, 3.8) is 0 Å². The fourth-order valence-electron chi connectivity index (χ4n) is 4.23. The Hall–Kier alpha value is -4.67. The number of nitrogens with zero attached hydrogens (tertiary/aromatic N) is 2. The van der Waals surface area contributed by atoms with Crippen molar-refractivity contribution >= 4 is 39.5 Å². The Balaban J connectivity index is 1.44. The second-order valence-electron chi connectivity index (χ2n) is 11.2. The molecule has 0 aliphatic heterocycles. The molecule has 224 valence electrons. The quantitative estimate of drug-likeness (QED) is 0.214. The minimum atomic E-state index is -3.87. The van der Waals surface area contributed by atoms with Crippen molar-refractivity contribution in [2.45, 2.75) is 37.8 Å². The summed E-state index contributed by atoms with van der Waals surface area (Å²) in [6.07, 6.45) is 5.04. The van der Waals surface area contributed by atoms with E-state index in [2.05, 4.69) is 15.5 Å². The highest BCUT2D eigenvalue weighted by Crippen LogP contribution is 2.25. The van der Waals surface area contributed by atoms with Crippen LogP contribution in [0.4, 0.5) is 16.2 Å². The van der Waals surface area contributed by atoms with E-state index in [0.29, 0.717) is 16.9 Å². The summed E-state index contributed by atoms with van der Waals surface area (Å²) in [5.74, 6) is -0.460. The van der Waals surface area contributed by atoms with Crippen molar-refractivity contribution in [1.29, 1.82) is 0 Å². The summed E-state index contributed by atoms with van der Waals surface area (Å²) in [6, 6.07) is 23.2. The number of nitrogens with one attached hydrogen (secondary N) is 2. The molecule has 0 bridgehead atoms. The summed E-state index contributed by atoms with van der Waals surface area (Å²) >= 11 is 0. The number of aromatic nitrogens is 1. The molecule has 0 unspecified atom stereocenters. The van der Waals surface area contributed by atoms with Crippen molar-refractivity contribution in [2.24, 2.45) is 0 Å². The summed E-state index contributed by atoms with van der Waals surface area (Å²) < 4.78 is 33.2.